The summed E-state index contributed by atoms with van der Waals surface area (Å²) in [5.74, 6) is -0.396. The number of alkyl halides is 3. The highest BCUT2D eigenvalue weighted by atomic mass is 19.4. The molecule has 1 aliphatic rings. The molecular weight excluding hydrogens is 356 g/mol. The zero-order chi connectivity index (χ0) is 19.0. The third-order valence-electron chi connectivity index (χ3n) is 5.01. The van der Waals surface area contributed by atoms with Gasteiger partial charge in [-0.15, -0.1) is 0 Å². The SMILES string of the molecule is Fc1ccc(-c2nc3ccccc3cc2N2CCCC[C@@H]2C(F)(F)F)cc1. The first-order chi connectivity index (χ1) is 12.9. The summed E-state index contributed by atoms with van der Waals surface area (Å²) >= 11 is 0. The van der Waals surface area contributed by atoms with Gasteiger partial charge in [-0.25, -0.2) is 9.37 Å². The molecule has 0 N–H and O–H groups in total. The van der Waals surface area contributed by atoms with E-state index in [2.05, 4.69) is 4.98 Å². The molecule has 0 amide bonds. The van der Waals surface area contributed by atoms with Crippen LogP contribution in [0.2, 0.25) is 0 Å². The smallest absolute Gasteiger partial charge is 0.358 e. The molecule has 1 atom stereocenters. The Hall–Kier alpha value is -2.63. The topological polar surface area (TPSA) is 16.1 Å². The minimum Gasteiger partial charge on any atom is -0.358 e. The first-order valence-corrected chi connectivity index (χ1v) is 8.92. The number of nitrogens with zero attached hydrogens (tertiary/aromatic N) is 2. The third-order valence-corrected chi connectivity index (χ3v) is 5.01. The number of pyridine rings is 1. The van der Waals surface area contributed by atoms with Crippen LogP contribution < -0.4 is 4.90 Å². The van der Waals surface area contributed by atoms with Crippen molar-refractivity contribution >= 4 is 16.6 Å². The van der Waals surface area contributed by atoms with Gasteiger partial charge in [0, 0.05) is 17.5 Å². The maximum atomic E-state index is 13.7. The second-order valence-electron chi connectivity index (χ2n) is 6.80. The highest BCUT2D eigenvalue weighted by Crippen LogP contribution is 2.40. The van der Waals surface area contributed by atoms with Crippen LogP contribution in [0.25, 0.3) is 22.2 Å². The van der Waals surface area contributed by atoms with Crippen molar-refractivity contribution in [2.45, 2.75) is 31.5 Å². The fourth-order valence-electron chi connectivity index (χ4n) is 3.70. The lowest BCUT2D eigenvalue weighted by atomic mass is 9.98. The number of hydrogen-bond acceptors (Lipinski definition) is 2. The molecule has 0 aliphatic carbocycles. The van der Waals surface area contributed by atoms with E-state index in [0.29, 0.717) is 41.8 Å². The molecule has 6 heteroatoms. The Bertz CT molecular complexity index is 951. The fraction of sp³-hybridized carbons (Fsp3) is 0.286. The Kier molecular flexibility index (Phi) is 4.50. The standard InChI is InChI=1S/C21H18F4N2/c22-16-10-8-14(9-11-16)20-18(13-15-5-1-2-6-17(15)26-20)27-12-4-3-7-19(27)21(23,24)25/h1-2,5-6,8-11,13,19H,3-4,7,12H2/t19-/m1/s1. The number of aromatic nitrogens is 1. The number of halogens is 4. The lowest BCUT2D eigenvalue weighted by molar-refractivity contribution is -0.152. The van der Waals surface area contributed by atoms with Crippen LogP contribution >= 0.6 is 0 Å². The minimum atomic E-state index is -4.31. The molecule has 1 aromatic heterocycles. The predicted molar refractivity (Wildman–Crippen MR) is 98.2 cm³/mol. The second kappa shape index (κ2) is 6.83. The molecular formula is C21H18F4N2. The summed E-state index contributed by atoms with van der Waals surface area (Å²) in [5, 5.41) is 0.782. The van der Waals surface area contributed by atoms with E-state index in [4.69, 9.17) is 0 Å². The Morgan fingerprint density at radius 1 is 0.963 bits per heavy atom. The zero-order valence-electron chi connectivity index (χ0n) is 14.5. The summed E-state index contributed by atoms with van der Waals surface area (Å²) in [6, 6.07) is 13.3. The molecule has 2 heterocycles. The minimum absolute atomic E-state index is 0.0686. The van der Waals surface area contributed by atoms with Gasteiger partial charge in [0.1, 0.15) is 11.9 Å². The van der Waals surface area contributed by atoms with Gasteiger partial charge in [0.25, 0.3) is 0 Å². The molecule has 1 saturated heterocycles. The zero-order valence-corrected chi connectivity index (χ0v) is 14.5. The summed E-state index contributed by atoms with van der Waals surface area (Å²) < 4.78 is 54.3. The largest absolute Gasteiger partial charge is 0.408 e. The molecule has 0 spiro atoms. The lowest BCUT2D eigenvalue weighted by Crippen LogP contribution is -2.49. The van der Waals surface area contributed by atoms with Crippen LogP contribution in [0, 0.1) is 5.82 Å². The van der Waals surface area contributed by atoms with Gasteiger partial charge in [-0.1, -0.05) is 18.2 Å². The van der Waals surface area contributed by atoms with Crippen molar-refractivity contribution in [3.8, 4) is 11.3 Å². The van der Waals surface area contributed by atoms with E-state index < -0.39 is 18.0 Å². The predicted octanol–water partition coefficient (Wildman–Crippen LogP) is 5.96. The van der Waals surface area contributed by atoms with Crippen molar-refractivity contribution in [2.24, 2.45) is 0 Å². The van der Waals surface area contributed by atoms with E-state index >= 15 is 0 Å². The van der Waals surface area contributed by atoms with Gasteiger partial charge in [-0.05, 0) is 55.7 Å². The van der Waals surface area contributed by atoms with E-state index in [1.165, 1.54) is 17.0 Å². The molecule has 3 aromatic rings. The first kappa shape index (κ1) is 17.8. The highest BCUT2D eigenvalue weighted by molar-refractivity contribution is 5.89. The van der Waals surface area contributed by atoms with Crippen molar-refractivity contribution in [1.82, 2.24) is 4.98 Å². The van der Waals surface area contributed by atoms with Gasteiger partial charge in [0.2, 0.25) is 0 Å². The van der Waals surface area contributed by atoms with Crippen LogP contribution in [-0.2, 0) is 0 Å². The molecule has 4 rings (SSSR count). The molecule has 2 nitrogen and oxygen atoms in total. The van der Waals surface area contributed by atoms with Gasteiger partial charge in [0.15, 0.2) is 0 Å². The number of anilines is 1. The summed E-state index contributed by atoms with van der Waals surface area (Å²) in [6.07, 6.45) is -3.00. The monoisotopic (exact) mass is 374 g/mol. The van der Waals surface area contributed by atoms with Crippen molar-refractivity contribution < 1.29 is 17.6 Å². The Labute approximate surface area is 154 Å². The average Bonchev–Trinajstić information content (AvgIpc) is 2.67. The van der Waals surface area contributed by atoms with Crippen LogP contribution in [-0.4, -0.2) is 23.7 Å². The number of para-hydroxylation sites is 1. The molecule has 1 aliphatic heterocycles. The van der Waals surface area contributed by atoms with E-state index in [-0.39, 0.29) is 6.42 Å². The van der Waals surface area contributed by atoms with E-state index in [1.54, 1.807) is 18.2 Å². The quantitative estimate of drug-likeness (QED) is 0.514. The molecule has 0 saturated carbocycles. The number of hydrogen-bond donors (Lipinski definition) is 0. The molecule has 0 unspecified atom stereocenters. The van der Waals surface area contributed by atoms with Crippen LogP contribution in [0.4, 0.5) is 23.2 Å². The molecule has 0 bridgehead atoms. The van der Waals surface area contributed by atoms with Gasteiger partial charge >= 0.3 is 6.18 Å². The summed E-state index contributed by atoms with van der Waals surface area (Å²) in [5.41, 5.74) is 2.19. The molecule has 2 aromatic carbocycles. The Morgan fingerprint density at radius 2 is 1.70 bits per heavy atom. The van der Waals surface area contributed by atoms with Crippen LogP contribution in [0.3, 0.4) is 0 Å². The third kappa shape index (κ3) is 3.48. The summed E-state index contributed by atoms with van der Waals surface area (Å²) in [6.45, 7) is 0.318. The second-order valence-corrected chi connectivity index (χ2v) is 6.80. The van der Waals surface area contributed by atoms with Crippen molar-refractivity contribution in [3.63, 3.8) is 0 Å². The summed E-state index contributed by atoms with van der Waals surface area (Å²) in [4.78, 5) is 6.05. The van der Waals surface area contributed by atoms with Crippen molar-refractivity contribution in [3.05, 3.63) is 60.4 Å². The van der Waals surface area contributed by atoms with E-state index in [9.17, 15) is 17.6 Å². The van der Waals surface area contributed by atoms with Crippen LogP contribution in [0.5, 0.6) is 0 Å². The Morgan fingerprint density at radius 3 is 2.44 bits per heavy atom. The molecule has 0 radical (unpaired) electrons. The molecule has 1 fully saturated rings. The number of benzene rings is 2. The van der Waals surface area contributed by atoms with Gasteiger partial charge in [-0.3, -0.25) is 0 Å². The molecule has 140 valence electrons. The van der Waals surface area contributed by atoms with Gasteiger partial charge in [-0.2, -0.15) is 13.2 Å². The number of fused-ring (bicyclic) bond motifs is 1. The molecule has 27 heavy (non-hydrogen) atoms. The van der Waals surface area contributed by atoms with Crippen molar-refractivity contribution in [1.29, 1.82) is 0 Å². The van der Waals surface area contributed by atoms with Crippen LogP contribution in [0.1, 0.15) is 19.3 Å². The van der Waals surface area contributed by atoms with Gasteiger partial charge in [0.05, 0.1) is 16.9 Å². The van der Waals surface area contributed by atoms with E-state index in [1.807, 2.05) is 24.3 Å². The highest BCUT2D eigenvalue weighted by Gasteiger charge is 2.45. The van der Waals surface area contributed by atoms with Crippen molar-refractivity contribution in [2.75, 3.05) is 11.4 Å². The number of piperidine rings is 1. The number of rotatable bonds is 2. The lowest BCUT2D eigenvalue weighted by Gasteiger charge is -2.39. The average molecular weight is 374 g/mol. The normalized spacial score (nSPS) is 18.1. The summed E-state index contributed by atoms with van der Waals surface area (Å²) in [7, 11) is 0. The van der Waals surface area contributed by atoms with E-state index in [0.717, 1.165) is 5.39 Å². The Balaban J connectivity index is 1.91. The fourth-order valence-corrected chi connectivity index (χ4v) is 3.70. The maximum Gasteiger partial charge on any atom is 0.408 e. The first-order valence-electron chi connectivity index (χ1n) is 8.92. The maximum absolute atomic E-state index is 13.7. The van der Waals surface area contributed by atoms with Crippen LogP contribution in [0.15, 0.2) is 54.6 Å². The van der Waals surface area contributed by atoms with Gasteiger partial charge < -0.3 is 4.90 Å².